The SMILES string of the molecule is NC(=O)CNC(=O)c1ccc(CNC(=O)c2cccnc2SC(F)(F)F)cc1. The van der Waals surface area contributed by atoms with Gasteiger partial charge in [-0.2, -0.15) is 13.2 Å². The van der Waals surface area contributed by atoms with E-state index < -0.39 is 40.0 Å². The molecule has 0 saturated heterocycles. The number of aromatic nitrogens is 1. The van der Waals surface area contributed by atoms with Crippen molar-refractivity contribution >= 4 is 29.5 Å². The molecule has 0 saturated carbocycles. The van der Waals surface area contributed by atoms with Crippen molar-refractivity contribution in [3.05, 3.63) is 59.3 Å². The van der Waals surface area contributed by atoms with Crippen LogP contribution in [-0.4, -0.2) is 34.8 Å². The minimum Gasteiger partial charge on any atom is -0.368 e. The van der Waals surface area contributed by atoms with Crippen LogP contribution in [-0.2, 0) is 11.3 Å². The Bertz CT molecular complexity index is 873. The summed E-state index contributed by atoms with van der Waals surface area (Å²) in [4.78, 5) is 38.2. The molecule has 3 amide bonds. The van der Waals surface area contributed by atoms with Crippen molar-refractivity contribution in [2.75, 3.05) is 6.54 Å². The van der Waals surface area contributed by atoms with E-state index >= 15 is 0 Å². The molecule has 4 N–H and O–H groups in total. The van der Waals surface area contributed by atoms with E-state index in [0.717, 1.165) is 0 Å². The lowest BCUT2D eigenvalue weighted by Gasteiger charge is -2.10. The van der Waals surface area contributed by atoms with Gasteiger partial charge < -0.3 is 16.4 Å². The molecule has 1 heterocycles. The molecular weight excluding hydrogens is 397 g/mol. The predicted octanol–water partition coefficient (Wildman–Crippen LogP) is 1.84. The number of rotatable bonds is 7. The molecule has 0 fully saturated rings. The number of nitrogens with two attached hydrogens (primary N) is 1. The van der Waals surface area contributed by atoms with Crippen LogP contribution < -0.4 is 16.4 Å². The highest BCUT2D eigenvalue weighted by Crippen LogP contribution is 2.37. The van der Waals surface area contributed by atoms with E-state index in [1.807, 2.05) is 0 Å². The van der Waals surface area contributed by atoms with Crippen LogP contribution in [0.3, 0.4) is 0 Å². The second-order valence-corrected chi connectivity index (χ2v) is 6.49. The zero-order valence-electron chi connectivity index (χ0n) is 14.2. The first kappa shape index (κ1) is 21.2. The summed E-state index contributed by atoms with van der Waals surface area (Å²) in [6, 6.07) is 8.71. The molecule has 0 bridgehead atoms. The number of pyridine rings is 1. The Hall–Kier alpha value is -3.08. The molecule has 2 aromatic rings. The Morgan fingerprint density at radius 2 is 1.71 bits per heavy atom. The molecule has 28 heavy (non-hydrogen) atoms. The molecule has 2 rings (SSSR count). The first-order chi connectivity index (χ1) is 13.2. The molecule has 1 aromatic heterocycles. The number of hydrogen-bond acceptors (Lipinski definition) is 5. The van der Waals surface area contributed by atoms with Crippen LogP contribution in [0.2, 0.25) is 0 Å². The van der Waals surface area contributed by atoms with Gasteiger partial charge in [0.15, 0.2) is 0 Å². The molecule has 0 aliphatic carbocycles. The summed E-state index contributed by atoms with van der Waals surface area (Å²) in [6.45, 7) is -0.257. The lowest BCUT2D eigenvalue weighted by atomic mass is 10.1. The lowest BCUT2D eigenvalue weighted by Crippen LogP contribution is -2.33. The molecular formula is C17H15F3N4O3S. The number of nitrogens with zero attached hydrogens (tertiary/aromatic N) is 1. The summed E-state index contributed by atoms with van der Waals surface area (Å²) in [6.07, 6.45) is 1.17. The van der Waals surface area contributed by atoms with Gasteiger partial charge in [0.25, 0.3) is 11.8 Å². The number of benzene rings is 1. The maximum atomic E-state index is 12.6. The van der Waals surface area contributed by atoms with Gasteiger partial charge in [0.2, 0.25) is 5.91 Å². The van der Waals surface area contributed by atoms with Gasteiger partial charge in [0, 0.05) is 30.1 Å². The number of alkyl halides is 3. The highest BCUT2D eigenvalue weighted by Gasteiger charge is 2.32. The average Bonchev–Trinajstić information content (AvgIpc) is 2.63. The molecule has 0 radical (unpaired) electrons. The molecule has 1 aromatic carbocycles. The minimum atomic E-state index is -4.56. The maximum absolute atomic E-state index is 12.6. The Balaban J connectivity index is 1.98. The van der Waals surface area contributed by atoms with Crippen LogP contribution in [0.1, 0.15) is 26.3 Å². The van der Waals surface area contributed by atoms with Crippen LogP contribution >= 0.6 is 11.8 Å². The monoisotopic (exact) mass is 412 g/mol. The fraction of sp³-hybridized carbons (Fsp3) is 0.176. The summed E-state index contributed by atoms with van der Waals surface area (Å²) >= 11 is -0.460. The summed E-state index contributed by atoms with van der Waals surface area (Å²) in [5, 5.41) is 4.40. The van der Waals surface area contributed by atoms with Gasteiger partial charge in [0.05, 0.1) is 12.1 Å². The molecule has 0 atom stereocenters. The summed E-state index contributed by atoms with van der Waals surface area (Å²) in [5.74, 6) is -1.87. The van der Waals surface area contributed by atoms with Gasteiger partial charge in [-0.25, -0.2) is 4.98 Å². The standard InChI is InChI=1S/C17H15F3N4O3S/c18-17(19,20)28-16-12(2-1-7-22-16)15(27)23-8-10-3-5-11(6-4-10)14(26)24-9-13(21)25/h1-7H,8-9H2,(H2,21,25)(H,23,27)(H,24,26). The number of thioether (sulfide) groups is 1. The zero-order valence-corrected chi connectivity index (χ0v) is 15.1. The largest absolute Gasteiger partial charge is 0.447 e. The second kappa shape index (κ2) is 9.22. The van der Waals surface area contributed by atoms with E-state index in [4.69, 9.17) is 5.73 Å². The third-order valence-electron chi connectivity index (χ3n) is 3.32. The first-order valence-corrected chi connectivity index (χ1v) is 8.62. The number of carbonyl (C=O) groups is 3. The van der Waals surface area contributed by atoms with Gasteiger partial charge >= 0.3 is 5.51 Å². The van der Waals surface area contributed by atoms with E-state index in [1.54, 1.807) is 12.1 Å². The molecule has 0 unspecified atom stereocenters. The number of hydrogen-bond donors (Lipinski definition) is 3. The fourth-order valence-electron chi connectivity index (χ4n) is 2.08. The highest BCUT2D eigenvalue weighted by molar-refractivity contribution is 8.00. The smallest absolute Gasteiger partial charge is 0.368 e. The van der Waals surface area contributed by atoms with Crippen LogP contribution in [0.15, 0.2) is 47.6 Å². The van der Waals surface area contributed by atoms with Gasteiger partial charge in [0.1, 0.15) is 5.03 Å². The molecule has 148 valence electrons. The van der Waals surface area contributed by atoms with Crippen LogP contribution in [0.5, 0.6) is 0 Å². The molecule has 11 heteroatoms. The van der Waals surface area contributed by atoms with E-state index in [9.17, 15) is 27.6 Å². The lowest BCUT2D eigenvalue weighted by molar-refractivity contribution is -0.117. The molecule has 7 nitrogen and oxygen atoms in total. The Labute approximate surface area is 161 Å². The van der Waals surface area contributed by atoms with Crippen molar-refractivity contribution in [2.24, 2.45) is 5.73 Å². The Morgan fingerprint density at radius 3 is 2.32 bits per heavy atom. The average molecular weight is 412 g/mol. The molecule has 0 spiro atoms. The van der Waals surface area contributed by atoms with E-state index in [1.165, 1.54) is 30.5 Å². The van der Waals surface area contributed by atoms with Crippen molar-refractivity contribution in [3.63, 3.8) is 0 Å². The van der Waals surface area contributed by atoms with Gasteiger partial charge in [-0.15, -0.1) is 0 Å². The number of nitrogens with one attached hydrogen (secondary N) is 2. The topological polar surface area (TPSA) is 114 Å². The number of halogens is 3. The zero-order chi connectivity index (χ0) is 20.7. The summed E-state index contributed by atoms with van der Waals surface area (Å²) in [7, 11) is 0. The Morgan fingerprint density at radius 1 is 1.04 bits per heavy atom. The number of primary amides is 1. The van der Waals surface area contributed by atoms with Crippen molar-refractivity contribution < 1.29 is 27.6 Å². The Kier molecular flexibility index (Phi) is 6.99. The van der Waals surface area contributed by atoms with Gasteiger partial charge in [-0.05, 0) is 29.8 Å². The third-order valence-corrected chi connectivity index (χ3v) is 4.07. The van der Waals surface area contributed by atoms with Crippen molar-refractivity contribution in [1.29, 1.82) is 0 Å². The predicted molar refractivity (Wildman–Crippen MR) is 95.3 cm³/mol. The molecule has 0 aliphatic rings. The fourth-order valence-corrected chi connectivity index (χ4v) is 2.68. The maximum Gasteiger partial charge on any atom is 0.447 e. The third kappa shape index (κ3) is 6.58. The number of carbonyl (C=O) groups excluding carboxylic acids is 3. The van der Waals surface area contributed by atoms with Crippen LogP contribution in [0.25, 0.3) is 0 Å². The molecule has 0 aliphatic heterocycles. The van der Waals surface area contributed by atoms with Crippen LogP contribution in [0.4, 0.5) is 13.2 Å². The van der Waals surface area contributed by atoms with Crippen molar-refractivity contribution in [2.45, 2.75) is 17.1 Å². The highest BCUT2D eigenvalue weighted by atomic mass is 32.2. The van der Waals surface area contributed by atoms with E-state index in [-0.39, 0.29) is 24.2 Å². The number of amides is 3. The summed E-state index contributed by atoms with van der Waals surface area (Å²) < 4.78 is 37.7. The second-order valence-electron chi connectivity index (χ2n) is 5.43. The quantitative estimate of drug-likeness (QED) is 0.601. The summed E-state index contributed by atoms with van der Waals surface area (Å²) in [5.41, 5.74) is 1.10. The normalized spacial score (nSPS) is 11.0. The van der Waals surface area contributed by atoms with E-state index in [0.29, 0.717) is 5.56 Å². The van der Waals surface area contributed by atoms with Crippen molar-refractivity contribution in [3.8, 4) is 0 Å². The van der Waals surface area contributed by atoms with Gasteiger partial charge in [-0.1, -0.05) is 12.1 Å². The van der Waals surface area contributed by atoms with Gasteiger partial charge in [-0.3, -0.25) is 14.4 Å². The first-order valence-electron chi connectivity index (χ1n) is 7.80. The van der Waals surface area contributed by atoms with Crippen LogP contribution in [0, 0.1) is 0 Å². The minimum absolute atomic E-state index is 0.0348. The van der Waals surface area contributed by atoms with Crippen molar-refractivity contribution in [1.82, 2.24) is 15.6 Å². The van der Waals surface area contributed by atoms with E-state index in [2.05, 4.69) is 15.6 Å².